The molecule has 2 aromatic carbocycles. The van der Waals surface area contributed by atoms with Crippen molar-refractivity contribution in [2.24, 2.45) is 0 Å². The number of amides is 1. The van der Waals surface area contributed by atoms with Crippen LogP contribution in [-0.2, 0) is 14.8 Å². The number of hydrogen-bond donors (Lipinski definition) is 1. The van der Waals surface area contributed by atoms with Crippen LogP contribution in [0.15, 0.2) is 36.4 Å². The molecular weight excluding hydrogens is 419 g/mol. The second-order valence-corrected chi connectivity index (χ2v) is 9.57. The molecule has 0 aromatic heterocycles. The number of anilines is 1. The van der Waals surface area contributed by atoms with Crippen molar-refractivity contribution >= 4 is 44.8 Å². The molecule has 0 fully saturated rings. The van der Waals surface area contributed by atoms with E-state index in [1.807, 2.05) is 32.9 Å². The second kappa shape index (κ2) is 9.16. The predicted molar refractivity (Wildman–Crippen MR) is 116 cm³/mol. The highest BCUT2D eigenvalue weighted by Gasteiger charge is 2.23. The molecule has 8 heteroatoms. The van der Waals surface area contributed by atoms with Crippen LogP contribution >= 0.6 is 23.2 Å². The maximum Gasteiger partial charge on any atom is 0.241 e. The zero-order valence-corrected chi connectivity index (χ0v) is 18.6. The fourth-order valence-electron chi connectivity index (χ4n) is 3.07. The summed E-state index contributed by atoms with van der Waals surface area (Å²) in [5, 5.41) is 3.51. The molecule has 0 saturated carbocycles. The molecule has 1 atom stereocenters. The molecule has 28 heavy (non-hydrogen) atoms. The number of carbonyl (C=O) groups excluding carboxylic acids is 1. The number of nitrogens with one attached hydrogen (secondary N) is 1. The normalized spacial score (nSPS) is 12.5. The quantitative estimate of drug-likeness (QED) is 0.678. The van der Waals surface area contributed by atoms with Crippen molar-refractivity contribution in [1.29, 1.82) is 0 Å². The van der Waals surface area contributed by atoms with Crippen LogP contribution in [0.3, 0.4) is 0 Å². The average Bonchev–Trinajstić information content (AvgIpc) is 2.56. The lowest BCUT2D eigenvalue weighted by atomic mass is 9.97. The van der Waals surface area contributed by atoms with Crippen LogP contribution in [0.4, 0.5) is 5.69 Å². The minimum absolute atomic E-state index is 0.211. The summed E-state index contributed by atoms with van der Waals surface area (Å²) in [7, 11) is -3.71. The highest BCUT2D eigenvalue weighted by molar-refractivity contribution is 7.92. The van der Waals surface area contributed by atoms with Gasteiger partial charge in [0.1, 0.15) is 6.54 Å². The molecule has 0 bridgehead atoms. The third-order valence-corrected chi connectivity index (χ3v) is 5.94. The van der Waals surface area contributed by atoms with Gasteiger partial charge in [-0.15, -0.1) is 0 Å². The number of aryl methyl sites for hydroxylation is 2. The lowest BCUT2D eigenvalue weighted by Crippen LogP contribution is -2.41. The largest absolute Gasteiger partial charge is 0.348 e. The zero-order chi connectivity index (χ0) is 21.1. The van der Waals surface area contributed by atoms with Gasteiger partial charge >= 0.3 is 0 Å². The van der Waals surface area contributed by atoms with Gasteiger partial charge in [-0.05, 0) is 49.6 Å². The molecule has 152 valence electrons. The first-order chi connectivity index (χ1) is 13.0. The van der Waals surface area contributed by atoms with E-state index in [0.29, 0.717) is 16.5 Å². The van der Waals surface area contributed by atoms with Gasteiger partial charge in [-0.3, -0.25) is 9.10 Å². The number of hydrogen-bond acceptors (Lipinski definition) is 3. The molecule has 0 aliphatic heterocycles. The summed E-state index contributed by atoms with van der Waals surface area (Å²) < 4.78 is 25.5. The first-order valence-electron chi connectivity index (χ1n) is 8.81. The fraction of sp³-hybridized carbons (Fsp3) is 0.350. The van der Waals surface area contributed by atoms with Crippen LogP contribution < -0.4 is 9.62 Å². The molecule has 5 nitrogen and oxygen atoms in total. The summed E-state index contributed by atoms with van der Waals surface area (Å²) in [6.07, 6.45) is 1.72. The van der Waals surface area contributed by atoms with Crippen LogP contribution in [0.1, 0.15) is 36.1 Å². The Kier molecular flexibility index (Phi) is 7.37. The Bertz CT molecular complexity index is 957. The van der Waals surface area contributed by atoms with E-state index in [1.165, 1.54) is 18.2 Å². The zero-order valence-electron chi connectivity index (χ0n) is 16.3. The van der Waals surface area contributed by atoms with Gasteiger partial charge in [-0.2, -0.15) is 0 Å². The molecule has 0 aliphatic carbocycles. The maximum atomic E-state index is 12.7. The SMILES string of the molecule is CCC(NC(=O)CN(c1cc(Cl)cc(Cl)c1)S(C)(=O)=O)c1ccc(C)cc1C. The van der Waals surface area contributed by atoms with Crippen LogP contribution in [-0.4, -0.2) is 27.1 Å². The molecule has 1 N–H and O–H groups in total. The third kappa shape index (κ3) is 5.87. The van der Waals surface area contributed by atoms with E-state index in [0.717, 1.165) is 27.3 Å². The lowest BCUT2D eigenvalue weighted by Gasteiger charge is -2.25. The van der Waals surface area contributed by atoms with Gasteiger partial charge in [-0.1, -0.05) is 53.9 Å². The first kappa shape index (κ1) is 22.5. The second-order valence-electron chi connectivity index (χ2n) is 6.79. The van der Waals surface area contributed by atoms with E-state index in [4.69, 9.17) is 23.2 Å². The molecule has 0 aliphatic rings. The smallest absolute Gasteiger partial charge is 0.241 e. The number of nitrogens with zero attached hydrogens (tertiary/aromatic N) is 1. The van der Waals surface area contributed by atoms with Gasteiger partial charge < -0.3 is 5.32 Å². The minimum atomic E-state index is -3.71. The Hall–Kier alpha value is -1.76. The van der Waals surface area contributed by atoms with E-state index in [-0.39, 0.29) is 18.3 Å². The Morgan fingerprint density at radius 2 is 1.71 bits per heavy atom. The Labute approximate surface area is 176 Å². The molecule has 0 saturated heterocycles. The van der Waals surface area contributed by atoms with Gasteiger partial charge in [0.25, 0.3) is 0 Å². The minimum Gasteiger partial charge on any atom is -0.348 e. The van der Waals surface area contributed by atoms with Crippen molar-refractivity contribution in [1.82, 2.24) is 5.32 Å². The van der Waals surface area contributed by atoms with Crippen LogP contribution in [0.5, 0.6) is 0 Å². The van der Waals surface area contributed by atoms with Crippen LogP contribution in [0.25, 0.3) is 0 Å². The number of benzene rings is 2. The van der Waals surface area contributed by atoms with Crippen LogP contribution in [0.2, 0.25) is 10.0 Å². The van der Waals surface area contributed by atoms with E-state index >= 15 is 0 Å². The standard InChI is InChI=1S/C20H24Cl2N2O3S/c1-5-19(18-7-6-13(2)8-14(18)3)23-20(25)12-24(28(4,26)27)17-10-15(21)9-16(22)11-17/h6-11,19H,5,12H2,1-4H3,(H,23,25). The monoisotopic (exact) mass is 442 g/mol. The van der Waals surface area contributed by atoms with Crippen LogP contribution in [0, 0.1) is 13.8 Å². The molecule has 2 rings (SSSR count). The van der Waals surface area contributed by atoms with Gasteiger partial charge in [0, 0.05) is 10.0 Å². The molecular formula is C20H24Cl2N2O3S. The highest BCUT2D eigenvalue weighted by Crippen LogP contribution is 2.27. The molecule has 2 aromatic rings. The van der Waals surface area contributed by atoms with Crippen molar-refractivity contribution < 1.29 is 13.2 Å². The average molecular weight is 443 g/mol. The Balaban J connectivity index is 2.25. The Morgan fingerprint density at radius 1 is 1.11 bits per heavy atom. The summed E-state index contributed by atoms with van der Waals surface area (Å²) in [6, 6.07) is 10.3. The molecule has 0 heterocycles. The van der Waals surface area contributed by atoms with E-state index < -0.39 is 15.9 Å². The van der Waals surface area contributed by atoms with Gasteiger partial charge in [0.05, 0.1) is 18.0 Å². The Morgan fingerprint density at radius 3 is 2.21 bits per heavy atom. The van der Waals surface area contributed by atoms with E-state index in [9.17, 15) is 13.2 Å². The maximum absolute atomic E-state index is 12.7. The number of carbonyl (C=O) groups is 1. The lowest BCUT2D eigenvalue weighted by molar-refractivity contribution is -0.120. The molecule has 1 unspecified atom stereocenters. The third-order valence-electron chi connectivity index (χ3n) is 4.37. The topological polar surface area (TPSA) is 66.5 Å². The summed E-state index contributed by atoms with van der Waals surface area (Å²) in [5.74, 6) is -0.409. The van der Waals surface area contributed by atoms with Crippen molar-refractivity contribution in [3.63, 3.8) is 0 Å². The van der Waals surface area contributed by atoms with Crippen molar-refractivity contribution in [3.8, 4) is 0 Å². The predicted octanol–water partition coefficient (Wildman–Crippen LogP) is 4.64. The molecule has 0 radical (unpaired) electrons. The molecule has 1 amide bonds. The van der Waals surface area contributed by atoms with Crippen molar-refractivity contribution in [3.05, 3.63) is 63.1 Å². The number of rotatable bonds is 7. The first-order valence-corrected chi connectivity index (χ1v) is 11.4. The number of halogens is 2. The summed E-state index contributed by atoms with van der Waals surface area (Å²) >= 11 is 12.0. The van der Waals surface area contributed by atoms with Gasteiger partial charge in [0.15, 0.2) is 0 Å². The van der Waals surface area contributed by atoms with E-state index in [2.05, 4.69) is 11.4 Å². The van der Waals surface area contributed by atoms with Crippen molar-refractivity contribution in [2.45, 2.75) is 33.2 Å². The summed E-state index contributed by atoms with van der Waals surface area (Å²) in [6.45, 7) is 5.61. The van der Waals surface area contributed by atoms with E-state index in [1.54, 1.807) is 0 Å². The fourth-order valence-corrected chi connectivity index (χ4v) is 4.42. The number of sulfonamides is 1. The summed E-state index contributed by atoms with van der Waals surface area (Å²) in [4.78, 5) is 12.7. The highest BCUT2D eigenvalue weighted by atomic mass is 35.5. The van der Waals surface area contributed by atoms with Crippen molar-refractivity contribution in [2.75, 3.05) is 17.1 Å². The van der Waals surface area contributed by atoms with Gasteiger partial charge in [0.2, 0.25) is 15.9 Å². The van der Waals surface area contributed by atoms with Gasteiger partial charge in [-0.25, -0.2) is 8.42 Å². The summed E-state index contributed by atoms with van der Waals surface area (Å²) in [5.41, 5.74) is 3.48. The molecule has 0 spiro atoms.